The summed E-state index contributed by atoms with van der Waals surface area (Å²) >= 11 is 0. The molecule has 148 valence electrons. The molecule has 29 heavy (non-hydrogen) atoms. The van der Waals surface area contributed by atoms with Crippen molar-refractivity contribution >= 4 is 23.2 Å². The third-order valence-electron chi connectivity index (χ3n) is 4.67. The summed E-state index contributed by atoms with van der Waals surface area (Å²) < 4.78 is 0. The van der Waals surface area contributed by atoms with E-state index in [0.717, 1.165) is 24.1 Å². The summed E-state index contributed by atoms with van der Waals surface area (Å²) in [6, 6.07) is 26.4. The largest absolute Gasteiger partial charge is 0.326 e. The number of hydrogen-bond donors (Lipinski definition) is 1. The van der Waals surface area contributed by atoms with Gasteiger partial charge in [-0.1, -0.05) is 61.9 Å². The minimum absolute atomic E-state index is 0.0354. The second kappa shape index (κ2) is 10.2. The average Bonchev–Trinajstić information content (AvgIpc) is 2.76. The van der Waals surface area contributed by atoms with E-state index in [1.807, 2.05) is 65.6 Å². The first-order valence-electron chi connectivity index (χ1n) is 9.98. The third kappa shape index (κ3) is 5.79. The molecule has 0 atom stereocenters. The number of amides is 2. The lowest BCUT2D eigenvalue weighted by molar-refractivity contribution is -0.115. The van der Waals surface area contributed by atoms with Crippen LogP contribution in [0.1, 0.15) is 35.7 Å². The van der Waals surface area contributed by atoms with Crippen LogP contribution in [-0.4, -0.2) is 18.4 Å². The molecule has 0 spiro atoms. The SMILES string of the molecule is CCCCN(C(=O)c1ccc(NC(=O)Cc2ccccc2)cc1)c1ccccc1. The van der Waals surface area contributed by atoms with Gasteiger partial charge >= 0.3 is 0 Å². The van der Waals surface area contributed by atoms with Gasteiger partial charge in [0, 0.05) is 23.5 Å². The van der Waals surface area contributed by atoms with Crippen LogP contribution in [0.3, 0.4) is 0 Å². The third-order valence-corrected chi connectivity index (χ3v) is 4.67. The predicted molar refractivity (Wildman–Crippen MR) is 118 cm³/mol. The van der Waals surface area contributed by atoms with Crippen molar-refractivity contribution in [2.45, 2.75) is 26.2 Å². The van der Waals surface area contributed by atoms with Crippen molar-refractivity contribution < 1.29 is 9.59 Å². The van der Waals surface area contributed by atoms with Crippen LogP contribution in [0.2, 0.25) is 0 Å². The number of rotatable bonds is 8. The Morgan fingerprint density at radius 1 is 0.828 bits per heavy atom. The van der Waals surface area contributed by atoms with Gasteiger partial charge in [0.25, 0.3) is 5.91 Å². The van der Waals surface area contributed by atoms with Crippen molar-refractivity contribution in [3.05, 3.63) is 96.1 Å². The minimum Gasteiger partial charge on any atom is -0.326 e. The molecule has 0 saturated heterocycles. The zero-order chi connectivity index (χ0) is 20.5. The zero-order valence-corrected chi connectivity index (χ0v) is 16.7. The van der Waals surface area contributed by atoms with Gasteiger partial charge in [0.15, 0.2) is 0 Å². The molecule has 0 aliphatic rings. The van der Waals surface area contributed by atoms with Crippen LogP contribution in [-0.2, 0) is 11.2 Å². The molecule has 0 aliphatic carbocycles. The molecule has 0 saturated carbocycles. The van der Waals surface area contributed by atoms with E-state index in [9.17, 15) is 9.59 Å². The first kappa shape index (κ1) is 20.3. The summed E-state index contributed by atoms with van der Waals surface area (Å²) in [5.41, 5.74) is 3.14. The Labute approximate surface area is 172 Å². The molecule has 3 aromatic rings. The molecule has 3 aromatic carbocycles. The highest BCUT2D eigenvalue weighted by Crippen LogP contribution is 2.19. The number of nitrogens with one attached hydrogen (secondary N) is 1. The Morgan fingerprint density at radius 2 is 1.45 bits per heavy atom. The van der Waals surface area contributed by atoms with Gasteiger partial charge in [0.2, 0.25) is 5.91 Å². The van der Waals surface area contributed by atoms with Crippen LogP contribution in [0.5, 0.6) is 0 Å². The molecular formula is C25H26N2O2. The van der Waals surface area contributed by atoms with Gasteiger partial charge in [-0.25, -0.2) is 0 Å². The van der Waals surface area contributed by atoms with E-state index in [0.29, 0.717) is 24.2 Å². The van der Waals surface area contributed by atoms with Crippen LogP contribution in [0, 0.1) is 0 Å². The standard InChI is InChI=1S/C25H26N2O2/c1-2-3-18-27(23-12-8-5-9-13-23)25(29)21-14-16-22(17-15-21)26-24(28)19-20-10-6-4-7-11-20/h4-17H,2-3,18-19H2,1H3,(H,26,28). The van der Waals surface area contributed by atoms with Crippen LogP contribution in [0.25, 0.3) is 0 Å². The van der Waals surface area contributed by atoms with Crippen LogP contribution < -0.4 is 10.2 Å². The predicted octanol–water partition coefficient (Wildman–Crippen LogP) is 5.31. The van der Waals surface area contributed by atoms with Gasteiger partial charge in [-0.05, 0) is 48.4 Å². The summed E-state index contributed by atoms with van der Waals surface area (Å²) in [5, 5.41) is 2.89. The number of nitrogens with zero attached hydrogens (tertiary/aromatic N) is 1. The van der Waals surface area contributed by atoms with E-state index < -0.39 is 0 Å². The Kier molecular flexibility index (Phi) is 7.17. The van der Waals surface area contributed by atoms with Gasteiger partial charge < -0.3 is 10.2 Å². The molecule has 0 bridgehead atoms. The van der Waals surface area contributed by atoms with E-state index in [1.54, 1.807) is 24.3 Å². The highest BCUT2D eigenvalue weighted by atomic mass is 16.2. The molecular weight excluding hydrogens is 360 g/mol. The normalized spacial score (nSPS) is 10.4. The summed E-state index contributed by atoms with van der Waals surface area (Å²) in [6.45, 7) is 2.79. The lowest BCUT2D eigenvalue weighted by atomic mass is 10.1. The number of benzene rings is 3. The van der Waals surface area contributed by atoms with Gasteiger partial charge in [-0.2, -0.15) is 0 Å². The fourth-order valence-corrected chi connectivity index (χ4v) is 3.11. The van der Waals surface area contributed by atoms with Crippen molar-refractivity contribution in [1.82, 2.24) is 0 Å². The molecule has 4 heteroatoms. The molecule has 0 fully saturated rings. The highest BCUT2D eigenvalue weighted by molar-refractivity contribution is 6.06. The maximum atomic E-state index is 13.1. The Hall–Kier alpha value is -3.40. The summed E-state index contributed by atoms with van der Waals surface area (Å²) in [6.07, 6.45) is 2.28. The van der Waals surface area contributed by atoms with Crippen molar-refractivity contribution in [3.8, 4) is 0 Å². The fraction of sp³-hybridized carbons (Fsp3) is 0.200. The smallest absolute Gasteiger partial charge is 0.258 e. The molecule has 4 nitrogen and oxygen atoms in total. The summed E-state index contributed by atoms with van der Waals surface area (Å²) in [7, 11) is 0. The maximum Gasteiger partial charge on any atom is 0.258 e. The molecule has 0 aromatic heterocycles. The maximum absolute atomic E-state index is 13.1. The van der Waals surface area contributed by atoms with Crippen LogP contribution in [0.4, 0.5) is 11.4 Å². The molecule has 0 unspecified atom stereocenters. The second-order valence-electron chi connectivity index (χ2n) is 6.93. The molecule has 0 aliphatic heterocycles. The molecule has 0 heterocycles. The number of hydrogen-bond acceptors (Lipinski definition) is 2. The Morgan fingerprint density at radius 3 is 2.07 bits per heavy atom. The summed E-state index contributed by atoms with van der Waals surface area (Å²) in [4.78, 5) is 27.1. The quantitative estimate of drug-likeness (QED) is 0.570. The minimum atomic E-state index is -0.0795. The molecule has 0 radical (unpaired) electrons. The van der Waals surface area contributed by atoms with Crippen molar-refractivity contribution in [2.75, 3.05) is 16.8 Å². The monoisotopic (exact) mass is 386 g/mol. The lowest BCUT2D eigenvalue weighted by Gasteiger charge is -2.23. The lowest BCUT2D eigenvalue weighted by Crippen LogP contribution is -2.31. The second-order valence-corrected chi connectivity index (χ2v) is 6.93. The Balaban J connectivity index is 1.67. The topological polar surface area (TPSA) is 49.4 Å². The number of unbranched alkanes of at least 4 members (excludes halogenated alkanes) is 1. The number of para-hydroxylation sites is 1. The molecule has 3 rings (SSSR count). The van der Waals surface area contributed by atoms with E-state index in [-0.39, 0.29) is 11.8 Å². The fourth-order valence-electron chi connectivity index (χ4n) is 3.11. The van der Waals surface area contributed by atoms with Crippen LogP contribution in [0.15, 0.2) is 84.9 Å². The van der Waals surface area contributed by atoms with Gasteiger partial charge in [-0.3, -0.25) is 9.59 Å². The van der Waals surface area contributed by atoms with E-state index in [4.69, 9.17) is 0 Å². The van der Waals surface area contributed by atoms with Gasteiger partial charge in [-0.15, -0.1) is 0 Å². The first-order chi connectivity index (χ1) is 14.2. The van der Waals surface area contributed by atoms with Crippen molar-refractivity contribution in [1.29, 1.82) is 0 Å². The summed E-state index contributed by atoms with van der Waals surface area (Å²) in [5.74, 6) is -0.115. The van der Waals surface area contributed by atoms with E-state index in [1.165, 1.54) is 0 Å². The van der Waals surface area contributed by atoms with Crippen molar-refractivity contribution in [3.63, 3.8) is 0 Å². The van der Waals surface area contributed by atoms with Gasteiger partial charge in [0.1, 0.15) is 0 Å². The number of carbonyl (C=O) groups excluding carboxylic acids is 2. The molecule has 2 amide bonds. The highest BCUT2D eigenvalue weighted by Gasteiger charge is 2.17. The molecule has 1 N–H and O–H groups in total. The van der Waals surface area contributed by atoms with E-state index >= 15 is 0 Å². The Bertz CT molecular complexity index is 922. The first-order valence-corrected chi connectivity index (χ1v) is 9.98. The number of anilines is 2. The van der Waals surface area contributed by atoms with Crippen molar-refractivity contribution in [2.24, 2.45) is 0 Å². The zero-order valence-electron chi connectivity index (χ0n) is 16.7. The van der Waals surface area contributed by atoms with Crippen LogP contribution >= 0.6 is 0 Å². The number of carbonyl (C=O) groups is 2. The average molecular weight is 386 g/mol. The van der Waals surface area contributed by atoms with Gasteiger partial charge in [0.05, 0.1) is 6.42 Å². The van der Waals surface area contributed by atoms with E-state index in [2.05, 4.69) is 12.2 Å².